The monoisotopic (exact) mass is 470 g/mol. The van der Waals surface area contributed by atoms with Gasteiger partial charge in [0.05, 0.1) is 6.10 Å². The number of carbonyl (C=O) groups is 1. The molecule has 2 saturated carbocycles. The fourth-order valence-electron chi connectivity index (χ4n) is 6.64. The summed E-state index contributed by atoms with van der Waals surface area (Å²) in [5, 5.41) is 27.1. The number of aliphatic hydroxyl groups is 1. The molecule has 5 nitrogen and oxygen atoms in total. The lowest BCUT2D eigenvalue weighted by Gasteiger charge is -2.55. The van der Waals surface area contributed by atoms with Crippen molar-refractivity contribution < 1.29 is 15.0 Å². The second-order valence-corrected chi connectivity index (χ2v) is 11.0. The molecule has 4 unspecified atom stereocenters. The number of aliphatic hydroxyl groups excluding tert-OH is 1. The molecule has 1 saturated heterocycles. The summed E-state index contributed by atoms with van der Waals surface area (Å²) >= 11 is 0. The lowest BCUT2D eigenvalue weighted by Crippen LogP contribution is -2.61. The number of phenolic OH excluding ortho intramolecular Hbond substituents is 1. The van der Waals surface area contributed by atoms with Gasteiger partial charge in [-0.25, -0.2) is 0 Å². The summed E-state index contributed by atoms with van der Waals surface area (Å²) in [4.78, 5) is 15.8. The van der Waals surface area contributed by atoms with Crippen LogP contribution >= 0.6 is 0 Å². The van der Waals surface area contributed by atoms with Crippen LogP contribution in [0.5, 0.6) is 5.75 Å². The van der Waals surface area contributed by atoms with Gasteiger partial charge in [0.15, 0.2) is 0 Å². The Labute approximate surface area is 206 Å². The van der Waals surface area contributed by atoms with Gasteiger partial charge in [-0.05, 0) is 85.2 Å². The number of aromatic hydroxyl groups is 1. The van der Waals surface area contributed by atoms with Crippen LogP contribution in [-0.2, 0) is 5.41 Å². The minimum atomic E-state index is -0.505. The maximum Gasteiger partial charge on any atom is 0.251 e. The van der Waals surface area contributed by atoms with Crippen LogP contribution in [0.15, 0.2) is 66.7 Å². The molecule has 0 aromatic heterocycles. The van der Waals surface area contributed by atoms with Gasteiger partial charge < -0.3 is 20.4 Å². The van der Waals surface area contributed by atoms with Crippen molar-refractivity contribution >= 4 is 16.7 Å². The molecule has 5 heteroatoms. The number of rotatable bonds is 5. The molecule has 3 N–H and O–H groups in total. The number of phenols is 1. The molecule has 3 aromatic rings. The van der Waals surface area contributed by atoms with E-state index in [1.54, 1.807) is 6.07 Å². The topological polar surface area (TPSA) is 72.8 Å². The molecular weight excluding hydrogens is 436 g/mol. The Morgan fingerprint density at radius 2 is 1.86 bits per heavy atom. The summed E-state index contributed by atoms with van der Waals surface area (Å²) in [6.07, 6.45) is 4.40. The number of amides is 1. The Morgan fingerprint density at radius 3 is 2.66 bits per heavy atom. The molecule has 1 aliphatic heterocycles. The molecule has 0 radical (unpaired) electrons. The Morgan fingerprint density at radius 1 is 1.03 bits per heavy atom. The average Bonchev–Trinajstić information content (AvgIpc) is 3.68. The third kappa shape index (κ3) is 4.43. The predicted molar refractivity (Wildman–Crippen MR) is 137 cm³/mol. The van der Waals surface area contributed by atoms with Crippen LogP contribution in [0.3, 0.4) is 0 Å². The minimum Gasteiger partial charge on any atom is -0.508 e. The molecule has 0 spiro atoms. The standard InChI is InChI=1S/C30H34N2O3/c33-26-7-3-6-24(15-26)30-12-13-32(18-20-8-9-20)19-27(30)28(34)16-25(17-30)31-29(35)23-11-10-21-4-1-2-5-22(21)14-23/h1-7,10-11,14-15,20,25,27-28,33-34H,8-9,12-13,16-19H2,(H,31,35). The van der Waals surface area contributed by atoms with Crippen molar-refractivity contribution in [1.82, 2.24) is 10.2 Å². The van der Waals surface area contributed by atoms with Crippen molar-refractivity contribution in [3.8, 4) is 5.75 Å². The van der Waals surface area contributed by atoms with Crippen LogP contribution in [0.1, 0.15) is 48.0 Å². The number of nitrogens with zero attached hydrogens (tertiary/aromatic N) is 1. The largest absolute Gasteiger partial charge is 0.508 e. The normalized spacial score (nSPS) is 29.0. The summed E-state index contributed by atoms with van der Waals surface area (Å²) in [6, 6.07) is 21.3. The van der Waals surface area contributed by atoms with Crippen molar-refractivity contribution in [2.24, 2.45) is 11.8 Å². The summed E-state index contributed by atoms with van der Waals surface area (Å²) in [7, 11) is 0. The molecule has 35 heavy (non-hydrogen) atoms. The Kier molecular flexibility index (Phi) is 5.78. The molecule has 3 aromatic carbocycles. The Balaban J connectivity index is 1.26. The second-order valence-electron chi connectivity index (χ2n) is 11.0. The van der Waals surface area contributed by atoms with Crippen molar-refractivity contribution in [1.29, 1.82) is 0 Å². The predicted octanol–water partition coefficient (Wildman–Crippen LogP) is 4.47. The number of likely N-dealkylation sites (tertiary alicyclic amines) is 1. The van der Waals surface area contributed by atoms with Crippen molar-refractivity contribution in [2.75, 3.05) is 19.6 Å². The number of benzene rings is 3. The van der Waals surface area contributed by atoms with Crippen LogP contribution < -0.4 is 5.32 Å². The van der Waals surface area contributed by atoms with Crippen LogP contribution in [0.2, 0.25) is 0 Å². The smallest absolute Gasteiger partial charge is 0.251 e. The fourth-order valence-corrected chi connectivity index (χ4v) is 6.64. The van der Waals surface area contributed by atoms with E-state index in [1.165, 1.54) is 12.8 Å². The van der Waals surface area contributed by atoms with E-state index in [9.17, 15) is 15.0 Å². The van der Waals surface area contributed by atoms with Gasteiger partial charge in [-0.2, -0.15) is 0 Å². The lowest BCUT2D eigenvalue weighted by atomic mass is 9.57. The first-order chi connectivity index (χ1) is 17.0. The molecular formula is C30H34N2O3. The summed E-state index contributed by atoms with van der Waals surface area (Å²) in [5.41, 5.74) is 1.46. The zero-order chi connectivity index (χ0) is 24.0. The Hall–Kier alpha value is -2.89. The molecule has 0 bridgehead atoms. The van der Waals surface area contributed by atoms with Crippen molar-refractivity contribution in [3.05, 3.63) is 77.9 Å². The van der Waals surface area contributed by atoms with E-state index in [4.69, 9.17) is 0 Å². The molecule has 1 heterocycles. The number of hydrogen-bond donors (Lipinski definition) is 3. The third-order valence-electron chi connectivity index (χ3n) is 8.62. The molecule has 4 atom stereocenters. The van der Waals surface area contributed by atoms with E-state index < -0.39 is 6.10 Å². The van der Waals surface area contributed by atoms with Gasteiger partial charge in [-0.1, -0.05) is 42.5 Å². The van der Waals surface area contributed by atoms with Crippen LogP contribution in [0.4, 0.5) is 0 Å². The van der Waals surface area contributed by atoms with Gasteiger partial charge in [0, 0.05) is 36.0 Å². The van der Waals surface area contributed by atoms with Gasteiger partial charge in [0.2, 0.25) is 0 Å². The van der Waals surface area contributed by atoms with Crippen LogP contribution in [0, 0.1) is 11.8 Å². The third-order valence-corrected chi connectivity index (χ3v) is 8.62. The highest BCUT2D eigenvalue weighted by atomic mass is 16.3. The molecule has 3 aliphatic rings. The summed E-state index contributed by atoms with van der Waals surface area (Å²) in [6.45, 7) is 2.99. The van der Waals surface area contributed by atoms with Gasteiger partial charge in [-0.15, -0.1) is 0 Å². The molecule has 6 rings (SSSR count). The maximum atomic E-state index is 13.3. The summed E-state index contributed by atoms with van der Waals surface area (Å²) < 4.78 is 0. The van der Waals surface area contributed by atoms with Crippen molar-refractivity contribution in [2.45, 2.75) is 49.7 Å². The van der Waals surface area contributed by atoms with Crippen LogP contribution in [0.25, 0.3) is 10.8 Å². The number of fused-ring (bicyclic) bond motifs is 2. The zero-order valence-corrected chi connectivity index (χ0v) is 20.1. The van der Waals surface area contributed by atoms with Crippen molar-refractivity contribution in [3.63, 3.8) is 0 Å². The van der Waals surface area contributed by atoms with Gasteiger partial charge in [0.1, 0.15) is 5.75 Å². The minimum absolute atomic E-state index is 0.0885. The highest BCUT2D eigenvalue weighted by Gasteiger charge is 2.52. The zero-order valence-electron chi connectivity index (χ0n) is 20.1. The van der Waals surface area contributed by atoms with Gasteiger partial charge in [-0.3, -0.25) is 4.79 Å². The van der Waals surface area contributed by atoms with E-state index in [0.717, 1.165) is 54.7 Å². The maximum absolute atomic E-state index is 13.3. The SMILES string of the molecule is O=C(NC1CC(O)C2CN(CC3CC3)CCC2(c2cccc(O)c2)C1)c1ccc2ccccc2c1. The number of hydrogen-bond acceptors (Lipinski definition) is 4. The highest BCUT2D eigenvalue weighted by molar-refractivity contribution is 5.98. The summed E-state index contributed by atoms with van der Waals surface area (Å²) in [5.74, 6) is 1.07. The van der Waals surface area contributed by atoms with E-state index in [2.05, 4.69) is 16.3 Å². The average molecular weight is 471 g/mol. The molecule has 2 aliphatic carbocycles. The number of piperidine rings is 1. The van der Waals surface area contributed by atoms with E-state index in [1.807, 2.05) is 54.6 Å². The fraction of sp³-hybridized carbons (Fsp3) is 0.433. The highest BCUT2D eigenvalue weighted by Crippen LogP contribution is 2.50. The first-order valence-corrected chi connectivity index (χ1v) is 13.0. The second kappa shape index (κ2) is 8.96. The van der Waals surface area contributed by atoms with E-state index in [-0.39, 0.29) is 29.0 Å². The Bertz CT molecular complexity index is 1240. The quantitative estimate of drug-likeness (QED) is 0.515. The lowest BCUT2D eigenvalue weighted by molar-refractivity contribution is -0.0482. The number of carbonyl (C=O) groups excluding carboxylic acids is 1. The first kappa shape index (κ1) is 22.6. The van der Waals surface area contributed by atoms with E-state index >= 15 is 0 Å². The molecule has 3 fully saturated rings. The number of nitrogens with one attached hydrogen (secondary N) is 1. The van der Waals surface area contributed by atoms with Gasteiger partial charge in [0.25, 0.3) is 5.91 Å². The molecule has 182 valence electrons. The van der Waals surface area contributed by atoms with E-state index in [0.29, 0.717) is 12.0 Å². The first-order valence-electron chi connectivity index (χ1n) is 13.0. The van der Waals surface area contributed by atoms with Gasteiger partial charge >= 0.3 is 0 Å². The molecule has 1 amide bonds. The van der Waals surface area contributed by atoms with Crippen LogP contribution in [-0.4, -0.2) is 52.8 Å².